The lowest BCUT2D eigenvalue weighted by Crippen LogP contribution is -2.28. The predicted octanol–water partition coefficient (Wildman–Crippen LogP) is 3.89. The quantitative estimate of drug-likeness (QED) is 0.753. The van der Waals surface area contributed by atoms with Gasteiger partial charge in [-0.2, -0.15) is 0 Å². The first-order valence-electron chi connectivity index (χ1n) is 8.29. The van der Waals surface area contributed by atoms with Crippen molar-refractivity contribution in [3.63, 3.8) is 0 Å². The molecule has 0 radical (unpaired) electrons. The maximum absolute atomic E-state index is 12.8. The molecule has 0 aliphatic carbocycles. The van der Waals surface area contributed by atoms with Gasteiger partial charge < -0.3 is 15.4 Å². The zero-order valence-corrected chi connectivity index (χ0v) is 16.2. The highest BCUT2D eigenvalue weighted by atomic mass is 35.5. The Hall–Kier alpha value is -2.37. The van der Waals surface area contributed by atoms with Crippen molar-refractivity contribution in [3.05, 3.63) is 63.2 Å². The van der Waals surface area contributed by atoms with Gasteiger partial charge in [-0.1, -0.05) is 29.3 Å². The van der Waals surface area contributed by atoms with E-state index < -0.39 is 0 Å². The number of benzene rings is 2. The SMILES string of the molecule is COCCNC(=O)c1ccc(Cl)cc1NC(=O)c1c(C)cc(C)cc1C. The van der Waals surface area contributed by atoms with Crippen LogP contribution in [0.15, 0.2) is 30.3 Å². The van der Waals surface area contributed by atoms with Crippen LogP contribution in [-0.4, -0.2) is 32.1 Å². The average Bonchev–Trinajstić information content (AvgIpc) is 2.54. The summed E-state index contributed by atoms with van der Waals surface area (Å²) in [7, 11) is 1.56. The highest BCUT2D eigenvalue weighted by Crippen LogP contribution is 2.24. The highest BCUT2D eigenvalue weighted by Gasteiger charge is 2.17. The third kappa shape index (κ3) is 4.84. The average molecular weight is 375 g/mol. The normalized spacial score (nSPS) is 10.5. The molecular formula is C20H23ClN2O3. The molecule has 0 aliphatic heterocycles. The summed E-state index contributed by atoms with van der Waals surface area (Å²) < 4.78 is 4.93. The summed E-state index contributed by atoms with van der Waals surface area (Å²) in [6.07, 6.45) is 0. The van der Waals surface area contributed by atoms with Crippen LogP contribution >= 0.6 is 11.6 Å². The number of hydrogen-bond donors (Lipinski definition) is 2. The first kappa shape index (κ1) is 19.9. The third-order valence-electron chi connectivity index (χ3n) is 3.97. The molecule has 6 heteroatoms. The number of methoxy groups -OCH3 is 1. The number of halogens is 1. The minimum atomic E-state index is -0.300. The number of amides is 2. The van der Waals surface area contributed by atoms with Crippen molar-refractivity contribution in [1.82, 2.24) is 5.32 Å². The van der Waals surface area contributed by atoms with Gasteiger partial charge in [0.15, 0.2) is 0 Å². The van der Waals surface area contributed by atoms with Gasteiger partial charge in [-0.05, 0) is 50.1 Å². The minimum Gasteiger partial charge on any atom is -0.383 e. The van der Waals surface area contributed by atoms with Crippen molar-refractivity contribution in [2.24, 2.45) is 0 Å². The summed E-state index contributed by atoms with van der Waals surface area (Å²) in [5.41, 5.74) is 4.18. The number of carbonyl (C=O) groups excluding carboxylic acids is 2. The summed E-state index contributed by atoms with van der Waals surface area (Å²) in [5.74, 6) is -0.570. The smallest absolute Gasteiger partial charge is 0.256 e. The second kappa shape index (κ2) is 8.83. The van der Waals surface area contributed by atoms with E-state index in [1.807, 2.05) is 32.9 Å². The molecule has 0 saturated carbocycles. The molecule has 2 rings (SSSR count). The monoisotopic (exact) mass is 374 g/mol. The predicted molar refractivity (Wildman–Crippen MR) is 104 cm³/mol. The van der Waals surface area contributed by atoms with Gasteiger partial charge >= 0.3 is 0 Å². The van der Waals surface area contributed by atoms with E-state index in [1.54, 1.807) is 25.3 Å². The second-order valence-electron chi connectivity index (χ2n) is 6.17. The molecule has 138 valence electrons. The summed E-state index contributed by atoms with van der Waals surface area (Å²) in [4.78, 5) is 25.2. The molecule has 0 atom stereocenters. The van der Waals surface area contributed by atoms with Crippen molar-refractivity contribution >= 4 is 29.1 Å². The molecule has 0 bridgehead atoms. The van der Waals surface area contributed by atoms with E-state index in [-0.39, 0.29) is 11.8 Å². The molecule has 0 spiro atoms. The fourth-order valence-electron chi connectivity index (χ4n) is 2.90. The van der Waals surface area contributed by atoms with Crippen molar-refractivity contribution < 1.29 is 14.3 Å². The van der Waals surface area contributed by atoms with Gasteiger partial charge in [0.05, 0.1) is 17.9 Å². The maximum atomic E-state index is 12.8. The van der Waals surface area contributed by atoms with Crippen LogP contribution in [0.3, 0.4) is 0 Å². The van der Waals surface area contributed by atoms with E-state index in [0.29, 0.717) is 35.0 Å². The molecule has 26 heavy (non-hydrogen) atoms. The van der Waals surface area contributed by atoms with Crippen molar-refractivity contribution in [2.75, 3.05) is 25.6 Å². The third-order valence-corrected chi connectivity index (χ3v) is 4.21. The topological polar surface area (TPSA) is 67.4 Å². The van der Waals surface area contributed by atoms with Gasteiger partial charge in [0.1, 0.15) is 0 Å². The lowest BCUT2D eigenvalue weighted by Gasteiger charge is -2.15. The van der Waals surface area contributed by atoms with E-state index in [1.165, 1.54) is 0 Å². The van der Waals surface area contributed by atoms with E-state index in [4.69, 9.17) is 16.3 Å². The summed E-state index contributed by atoms with van der Waals surface area (Å²) in [6.45, 7) is 6.56. The van der Waals surface area contributed by atoms with Crippen molar-refractivity contribution in [1.29, 1.82) is 0 Å². The molecule has 0 aromatic heterocycles. The van der Waals surface area contributed by atoms with Crippen molar-refractivity contribution in [3.8, 4) is 0 Å². The van der Waals surface area contributed by atoms with Gasteiger partial charge in [0.2, 0.25) is 0 Å². The van der Waals surface area contributed by atoms with E-state index in [2.05, 4.69) is 10.6 Å². The molecule has 2 amide bonds. The first-order chi connectivity index (χ1) is 12.3. The van der Waals surface area contributed by atoms with Crippen LogP contribution in [0.4, 0.5) is 5.69 Å². The molecule has 2 aromatic carbocycles. The summed E-state index contributed by atoms with van der Waals surface area (Å²) >= 11 is 6.06. The van der Waals surface area contributed by atoms with Crippen LogP contribution in [0.2, 0.25) is 5.02 Å². The van der Waals surface area contributed by atoms with Gasteiger partial charge in [-0.3, -0.25) is 9.59 Å². The number of hydrogen-bond acceptors (Lipinski definition) is 3. The number of carbonyl (C=O) groups is 2. The molecule has 2 N–H and O–H groups in total. The molecule has 0 heterocycles. The molecular weight excluding hydrogens is 352 g/mol. The number of ether oxygens (including phenoxy) is 1. The zero-order valence-electron chi connectivity index (χ0n) is 15.4. The molecule has 0 aliphatic rings. The Kier molecular flexibility index (Phi) is 6.77. The van der Waals surface area contributed by atoms with Crippen LogP contribution in [0, 0.1) is 20.8 Å². The molecule has 5 nitrogen and oxygen atoms in total. The van der Waals surface area contributed by atoms with Crippen LogP contribution in [0.5, 0.6) is 0 Å². The number of aryl methyl sites for hydroxylation is 3. The lowest BCUT2D eigenvalue weighted by molar-refractivity contribution is 0.0938. The second-order valence-corrected chi connectivity index (χ2v) is 6.60. The molecule has 0 fully saturated rings. The van der Waals surface area contributed by atoms with Crippen LogP contribution in [0.25, 0.3) is 0 Å². The molecule has 0 saturated heterocycles. The number of rotatable bonds is 6. The molecule has 2 aromatic rings. The van der Waals surface area contributed by atoms with Gasteiger partial charge in [0, 0.05) is 24.2 Å². The van der Waals surface area contributed by atoms with Crippen LogP contribution in [0.1, 0.15) is 37.4 Å². The highest BCUT2D eigenvalue weighted by molar-refractivity contribution is 6.31. The maximum Gasteiger partial charge on any atom is 0.256 e. The lowest BCUT2D eigenvalue weighted by atomic mass is 9.99. The standard InChI is InChI=1S/C20H23ClN2O3/c1-12-9-13(2)18(14(3)10-12)20(25)23-17-11-15(21)5-6-16(17)19(24)22-7-8-26-4/h5-6,9-11H,7-8H2,1-4H3,(H,22,24)(H,23,25). The number of nitrogens with one attached hydrogen (secondary N) is 2. The number of anilines is 1. The fraction of sp³-hybridized carbons (Fsp3) is 0.300. The van der Waals surface area contributed by atoms with Gasteiger partial charge in [-0.15, -0.1) is 0 Å². The summed E-state index contributed by atoms with van der Waals surface area (Å²) in [5, 5.41) is 6.01. The van der Waals surface area contributed by atoms with E-state index in [9.17, 15) is 9.59 Å². The molecule has 0 unspecified atom stereocenters. The Bertz CT molecular complexity index is 811. The Morgan fingerprint density at radius 3 is 2.31 bits per heavy atom. The van der Waals surface area contributed by atoms with E-state index in [0.717, 1.165) is 16.7 Å². The van der Waals surface area contributed by atoms with Gasteiger partial charge in [0.25, 0.3) is 11.8 Å². The fourth-order valence-corrected chi connectivity index (χ4v) is 3.07. The van der Waals surface area contributed by atoms with Crippen LogP contribution in [-0.2, 0) is 4.74 Å². The Labute approximate surface area is 158 Å². The van der Waals surface area contributed by atoms with E-state index >= 15 is 0 Å². The Morgan fingerprint density at radius 2 is 1.69 bits per heavy atom. The minimum absolute atomic E-state index is 0.270. The largest absolute Gasteiger partial charge is 0.383 e. The first-order valence-corrected chi connectivity index (χ1v) is 8.67. The van der Waals surface area contributed by atoms with Crippen molar-refractivity contribution in [2.45, 2.75) is 20.8 Å². The zero-order chi connectivity index (χ0) is 19.3. The summed E-state index contributed by atoms with van der Waals surface area (Å²) in [6, 6.07) is 8.69. The Balaban J connectivity index is 2.30. The van der Waals surface area contributed by atoms with Gasteiger partial charge in [-0.25, -0.2) is 0 Å². The Morgan fingerprint density at radius 1 is 1.04 bits per heavy atom. The van der Waals surface area contributed by atoms with Crippen LogP contribution < -0.4 is 10.6 Å².